The van der Waals surface area contributed by atoms with Crippen LogP contribution in [0.25, 0.3) is 22.4 Å². The van der Waals surface area contributed by atoms with Crippen LogP contribution in [0.5, 0.6) is 0 Å². The van der Waals surface area contributed by atoms with Crippen LogP contribution in [0.3, 0.4) is 0 Å². The number of hydrogen-bond donors (Lipinski definition) is 3. The maximum absolute atomic E-state index is 14.9. The van der Waals surface area contributed by atoms with E-state index >= 15 is 0 Å². The van der Waals surface area contributed by atoms with Crippen LogP contribution in [0, 0.1) is 5.82 Å². The van der Waals surface area contributed by atoms with E-state index in [-0.39, 0.29) is 43.1 Å². The van der Waals surface area contributed by atoms with Gasteiger partial charge in [0.15, 0.2) is 0 Å². The van der Waals surface area contributed by atoms with Gasteiger partial charge >= 0.3 is 5.97 Å². The van der Waals surface area contributed by atoms with Gasteiger partial charge in [-0.15, -0.1) is 0 Å². The average Bonchev–Trinajstić information content (AvgIpc) is 3.32. The van der Waals surface area contributed by atoms with E-state index < -0.39 is 24.6 Å². The number of carboxylic acids is 1. The van der Waals surface area contributed by atoms with Gasteiger partial charge in [-0.05, 0) is 80.1 Å². The molecule has 44 heavy (non-hydrogen) atoms. The van der Waals surface area contributed by atoms with Crippen molar-refractivity contribution >= 4 is 17.6 Å². The normalized spacial score (nSPS) is 12.8. The van der Waals surface area contributed by atoms with Gasteiger partial charge < -0.3 is 24.8 Å². The molecule has 0 spiro atoms. The fourth-order valence-corrected chi connectivity index (χ4v) is 5.83. The van der Waals surface area contributed by atoms with E-state index in [9.17, 15) is 24.2 Å². The summed E-state index contributed by atoms with van der Waals surface area (Å²) < 4.78 is 16.2. The highest BCUT2D eigenvalue weighted by molar-refractivity contribution is 6.14. The predicted octanol–water partition coefficient (Wildman–Crippen LogP) is 7.12. The molecule has 0 aliphatic heterocycles. The Morgan fingerprint density at radius 3 is 1.95 bits per heavy atom. The Morgan fingerprint density at radius 2 is 1.41 bits per heavy atom. The minimum atomic E-state index is -1.18. The number of nitrogens with zero attached hydrogens (tertiary/aromatic N) is 2. The third-order valence-corrected chi connectivity index (χ3v) is 7.65. The second-order valence-corrected chi connectivity index (χ2v) is 11.7. The van der Waals surface area contributed by atoms with Crippen molar-refractivity contribution < 1.29 is 29.3 Å². The topological polar surface area (TPSA) is 103 Å². The summed E-state index contributed by atoms with van der Waals surface area (Å²) in [6, 6.07) is 25.1. The molecule has 0 saturated carbocycles. The Balaban J connectivity index is 1.97. The zero-order chi connectivity index (χ0) is 32.0. The molecule has 4 aromatic rings. The molecule has 0 bridgehead atoms. The number of carbonyl (C=O) groups is 2. The van der Waals surface area contributed by atoms with Crippen LogP contribution in [-0.2, 0) is 11.3 Å². The van der Waals surface area contributed by atoms with Gasteiger partial charge in [0.25, 0.3) is 5.91 Å². The van der Waals surface area contributed by atoms with Crippen molar-refractivity contribution in [2.24, 2.45) is 0 Å². The molecule has 0 radical (unpaired) electrons. The van der Waals surface area contributed by atoms with Crippen molar-refractivity contribution in [3.8, 4) is 22.4 Å². The van der Waals surface area contributed by atoms with Crippen LogP contribution < -0.4 is 4.90 Å². The molecule has 0 fully saturated rings. The third kappa shape index (κ3) is 7.44. The number of halogens is 1. The molecule has 232 valence electrons. The van der Waals surface area contributed by atoms with E-state index in [0.29, 0.717) is 16.7 Å². The fourth-order valence-electron chi connectivity index (χ4n) is 5.83. The van der Waals surface area contributed by atoms with Gasteiger partial charge in [0, 0.05) is 29.5 Å². The molecule has 3 N–H and O–H groups in total. The first-order valence-corrected chi connectivity index (χ1v) is 15.0. The van der Waals surface area contributed by atoms with E-state index in [1.165, 1.54) is 12.1 Å². The molecule has 3 aromatic carbocycles. The Hall–Kier alpha value is -4.27. The van der Waals surface area contributed by atoms with Crippen molar-refractivity contribution in [2.75, 3.05) is 4.90 Å². The first kappa shape index (κ1) is 32.6. The maximum atomic E-state index is 14.9. The van der Waals surface area contributed by atoms with Gasteiger partial charge in [0.2, 0.25) is 0 Å². The standard InChI is InChI=1S/C36H41FN2O5/c1-23(2)34-33(36(44)39(24(3)4)28-13-9-6-10-14-28)32(25-11-7-5-8-12-25)35(26-15-17-27(37)18-16-26)38(34)20-19-29(40)21-30(41)22-31(42)43/h5-18,23-24,29-30,40-41H,19-22H2,1-4H3,(H,42,43)/t29-,30-/m1/s1. The number of carboxylic acid groups (broad SMARTS) is 1. The second-order valence-electron chi connectivity index (χ2n) is 11.7. The SMILES string of the molecule is CC(C)c1c(C(=O)N(c2ccccc2)C(C)C)c(-c2ccccc2)c(-c2ccc(F)cc2)n1CC[C@@H](O)C[C@@H](O)CC(=O)O. The summed E-state index contributed by atoms with van der Waals surface area (Å²) in [4.78, 5) is 27.7. The summed E-state index contributed by atoms with van der Waals surface area (Å²) in [6.45, 7) is 8.25. The molecule has 1 aromatic heterocycles. The van der Waals surface area contributed by atoms with E-state index in [0.717, 1.165) is 22.6 Å². The van der Waals surface area contributed by atoms with Crippen molar-refractivity contribution in [2.45, 2.75) is 77.7 Å². The molecular weight excluding hydrogens is 559 g/mol. The van der Waals surface area contributed by atoms with E-state index in [2.05, 4.69) is 0 Å². The van der Waals surface area contributed by atoms with Gasteiger partial charge in [-0.2, -0.15) is 0 Å². The van der Waals surface area contributed by atoms with E-state index in [1.807, 2.05) is 92.9 Å². The summed E-state index contributed by atoms with van der Waals surface area (Å²) in [7, 11) is 0. The highest BCUT2D eigenvalue weighted by atomic mass is 19.1. The zero-order valence-corrected chi connectivity index (χ0v) is 25.7. The average molecular weight is 601 g/mol. The van der Waals surface area contributed by atoms with Crippen LogP contribution >= 0.6 is 0 Å². The van der Waals surface area contributed by atoms with Gasteiger partial charge in [0.1, 0.15) is 5.82 Å². The summed E-state index contributed by atoms with van der Waals surface area (Å²) >= 11 is 0. The summed E-state index contributed by atoms with van der Waals surface area (Å²) in [5, 5.41) is 30.0. The molecule has 0 aliphatic carbocycles. The Bertz CT molecular complexity index is 1550. The number of hydrogen-bond acceptors (Lipinski definition) is 4. The van der Waals surface area contributed by atoms with E-state index in [1.54, 1.807) is 17.0 Å². The van der Waals surface area contributed by atoms with Crippen molar-refractivity contribution in [1.82, 2.24) is 4.57 Å². The first-order chi connectivity index (χ1) is 21.0. The lowest BCUT2D eigenvalue weighted by molar-refractivity contribution is -0.139. The number of aliphatic carboxylic acids is 1. The lowest BCUT2D eigenvalue weighted by atomic mass is 9.93. The van der Waals surface area contributed by atoms with Crippen LogP contribution in [0.2, 0.25) is 0 Å². The monoisotopic (exact) mass is 600 g/mol. The lowest BCUT2D eigenvalue weighted by Crippen LogP contribution is -2.37. The molecule has 2 atom stereocenters. The minimum Gasteiger partial charge on any atom is -0.481 e. The lowest BCUT2D eigenvalue weighted by Gasteiger charge is -2.28. The minimum absolute atomic E-state index is 0.0943. The first-order valence-electron chi connectivity index (χ1n) is 15.0. The van der Waals surface area contributed by atoms with Gasteiger partial charge in [-0.1, -0.05) is 62.4 Å². The van der Waals surface area contributed by atoms with Gasteiger partial charge in [-0.3, -0.25) is 9.59 Å². The van der Waals surface area contributed by atoms with Crippen LogP contribution in [0.1, 0.15) is 68.9 Å². The van der Waals surface area contributed by atoms with Crippen LogP contribution in [0.4, 0.5) is 10.1 Å². The zero-order valence-electron chi connectivity index (χ0n) is 25.7. The number of aromatic nitrogens is 1. The maximum Gasteiger partial charge on any atom is 0.305 e. The summed E-state index contributed by atoms with van der Waals surface area (Å²) in [6.07, 6.45) is -2.52. The highest BCUT2D eigenvalue weighted by Gasteiger charge is 2.34. The largest absolute Gasteiger partial charge is 0.481 e. The molecule has 0 saturated heterocycles. The number of carbonyl (C=O) groups excluding carboxylic acids is 1. The Kier molecular flexibility index (Phi) is 10.7. The van der Waals surface area contributed by atoms with Crippen molar-refractivity contribution in [3.63, 3.8) is 0 Å². The van der Waals surface area contributed by atoms with Crippen molar-refractivity contribution in [1.29, 1.82) is 0 Å². The predicted molar refractivity (Wildman–Crippen MR) is 171 cm³/mol. The highest BCUT2D eigenvalue weighted by Crippen LogP contribution is 2.43. The van der Waals surface area contributed by atoms with Gasteiger partial charge in [-0.25, -0.2) is 4.39 Å². The molecule has 7 nitrogen and oxygen atoms in total. The number of aliphatic hydroxyl groups is 2. The van der Waals surface area contributed by atoms with Crippen LogP contribution in [0.15, 0.2) is 84.9 Å². The molecule has 0 unspecified atom stereocenters. The fraction of sp³-hybridized carbons (Fsp3) is 0.333. The second kappa shape index (κ2) is 14.5. The van der Waals surface area contributed by atoms with E-state index in [4.69, 9.17) is 5.11 Å². The quantitative estimate of drug-likeness (QED) is 0.152. The number of rotatable bonds is 13. The molecule has 8 heteroatoms. The number of para-hydroxylation sites is 1. The summed E-state index contributed by atoms with van der Waals surface area (Å²) in [5.41, 5.74) is 5.04. The van der Waals surface area contributed by atoms with Crippen molar-refractivity contribution in [3.05, 3.63) is 102 Å². The molecule has 1 amide bonds. The molecule has 0 aliphatic rings. The molecular formula is C36H41FN2O5. The number of benzene rings is 3. The Labute approximate surface area is 258 Å². The summed E-state index contributed by atoms with van der Waals surface area (Å²) in [5.74, 6) is -1.82. The smallest absolute Gasteiger partial charge is 0.305 e. The number of aliphatic hydroxyl groups excluding tert-OH is 2. The molecule has 4 rings (SSSR count). The van der Waals surface area contributed by atoms with Crippen LogP contribution in [-0.4, -0.2) is 50.0 Å². The number of anilines is 1. The third-order valence-electron chi connectivity index (χ3n) is 7.65. The van der Waals surface area contributed by atoms with Gasteiger partial charge in [0.05, 0.1) is 29.9 Å². The number of amides is 1. The Morgan fingerprint density at radius 1 is 0.818 bits per heavy atom. The molecule has 1 heterocycles.